The number of rotatable bonds is 1. The van der Waals surface area contributed by atoms with E-state index < -0.39 is 0 Å². The fraction of sp³-hybridized carbons (Fsp3) is 0.889. The van der Waals surface area contributed by atoms with Gasteiger partial charge in [0, 0.05) is 19.5 Å². The number of carbonyl (C=O) groups excluding carboxylic acids is 1. The number of amides is 1. The van der Waals surface area contributed by atoms with Crippen molar-refractivity contribution < 1.29 is 4.79 Å². The molecular weight excluding hydrogens is 138 g/mol. The number of hydrogen-bond donors (Lipinski definition) is 0. The third-order valence-electron chi connectivity index (χ3n) is 2.61. The third-order valence-corrected chi connectivity index (χ3v) is 2.61. The lowest BCUT2D eigenvalue weighted by atomic mass is 9.91. The van der Waals surface area contributed by atoms with E-state index >= 15 is 0 Å². The Morgan fingerprint density at radius 1 is 1.64 bits per heavy atom. The standard InChI is InChI=1S/C9H17NO/c1-4-8-5-7(2)6-9(11)10(8)3/h7-8H,4-6H2,1-3H3. The van der Waals surface area contributed by atoms with E-state index in [2.05, 4.69) is 13.8 Å². The lowest BCUT2D eigenvalue weighted by Gasteiger charge is -2.35. The van der Waals surface area contributed by atoms with Gasteiger partial charge >= 0.3 is 0 Å². The van der Waals surface area contributed by atoms with E-state index in [0.29, 0.717) is 17.9 Å². The fourth-order valence-electron chi connectivity index (χ4n) is 1.79. The van der Waals surface area contributed by atoms with Gasteiger partial charge in [0.05, 0.1) is 0 Å². The van der Waals surface area contributed by atoms with Crippen LogP contribution in [0.1, 0.15) is 33.1 Å². The molecule has 1 heterocycles. The van der Waals surface area contributed by atoms with Gasteiger partial charge in [0.2, 0.25) is 5.91 Å². The van der Waals surface area contributed by atoms with E-state index in [-0.39, 0.29) is 0 Å². The molecule has 2 atom stereocenters. The second-order valence-corrected chi connectivity index (χ2v) is 3.61. The molecule has 1 amide bonds. The summed E-state index contributed by atoms with van der Waals surface area (Å²) < 4.78 is 0. The topological polar surface area (TPSA) is 20.3 Å². The summed E-state index contributed by atoms with van der Waals surface area (Å²) in [6.45, 7) is 4.31. The monoisotopic (exact) mass is 155 g/mol. The molecule has 0 N–H and O–H groups in total. The van der Waals surface area contributed by atoms with Gasteiger partial charge in [-0.1, -0.05) is 13.8 Å². The molecule has 1 aliphatic heterocycles. The maximum absolute atomic E-state index is 11.3. The first-order valence-corrected chi connectivity index (χ1v) is 4.40. The maximum atomic E-state index is 11.3. The van der Waals surface area contributed by atoms with Crippen LogP contribution in [-0.4, -0.2) is 23.9 Å². The molecule has 0 saturated carbocycles. The molecule has 0 spiro atoms. The number of likely N-dealkylation sites (tertiary alicyclic amines) is 1. The first-order valence-electron chi connectivity index (χ1n) is 4.40. The predicted molar refractivity (Wildman–Crippen MR) is 45.2 cm³/mol. The van der Waals surface area contributed by atoms with Crippen molar-refractivity contribution in [2.75, 3.05) is 7.05 Å². The minimum Gasteiger partial charge on any atom is -0.343 e. The van der Waals surface area contributed by atoms with Crippen LogP contribution in [-0.2, 0) is 4.79 Å². The van der Waals surface area contributed by atoms with Crippen molar-refractivity contribution in [2.45, 2.75) is 39.2 Å². The number of hydrogen-bond acceptors (Lipinski definition) is 1. The lowest BCUT2D eigenvalue weighted by molar-refractivity contribution is -0.136. The Balaban J connectivity index is 2.58. The van der Waals surface area contributed by atoms with E-state index in [1.54, 1.807) is 0 Å². The van der Waals surface area contributed by atoms with Crippen LogP contribution in [0.3, 0.4) is 0 Å². The molecule has 11 heavy (non-hydrogen) atoms. The summed E-state index contributed by atoms with van der Waals surface area (Å²) in [5, 5.41) is 0. The van der Waals surface area contributed by atoms with Crippen LogP contribution < -0.4 is 0 Å². The maximum Gasteiger partial charge on any atom is 0.222 e. The first-order chi connectivity index (χ1) is 5.15. The first kappa shape index (κ1) is 8.57. The largest absolute Gasteiger partial charge is 0.343 e. The molecular formula is C9H17NO. The van der Waals surface area contributed by atoms with E-state index in [9.17, 15) is 4.79 Å². The van der Waals surface area contributed by atoms with Gasteiger partial charge in [0.1, 0.15) is 0 Å². The van der Waals surface area contributed by atoms with Gasteiger partial charge < -0.3 is 4.90 Å². The van der Waals surface area contributed by atoms with Crippen molar-refractivity contribution in [3.05, 3.63) is 0 Å². The SMILES string of the molecule is CCC1CC(C)CC(=O)N1C. The highest BCUT2D eigenvalue weighted by Gasteiger charge is 2.27. The van der Waals surface area contributed by atoms with Crippen LogP contribution in [0.15, 0.2) is 0 Å². The summed E-state index contributed by atoms with van der Waals surface area (Å²) in [4.78, 5) is 13.2. The fourth-order valence-corrected chi connectivity index (χ4v) is 1.79. The van der Waals surface area contributed by atoms with E-state index in [4.69, 9.17) is 0 Å². The van der Waals surface area contributed by atoms with E-state index in [1.807, 2.05) is 11.9 Å². The van der Waals surface area contributed by atoms with Crippen molar-refractivity contribution in [1.82, 2.24) is 4.90 Å². The quantitative estimate of drug-likeness (QED) is 0.564. The van der Waals surface area contributed by atoms with E-state index in [0.717, 1.165) is 12.8 Å². The molecule has 64 valence electrons. The zero-order valence-electron chi connectivity index (χ0n) is 7.63. The molecule has 0 aromatic rings. The molecule has 1 aliphatic rings. The molecule has 0 radical (unpaired) electrons. The second-order valence-electron chi connectivity index (χ2n) is 3.61. The van der Waals surface area contributed by atoms with Crippen LogP contribution in [0, 0.1) is 5.92 Å². The van der Waals surface area contributed by atoms with Crippen molar-refractivity contribution in [1.29, 1.82) is 0 Å². The van der Waals surface area contributed by atoms with Crippen molar-refractivity contribution >= 4 is 5.91 Å². The Hall–Kier alpha value is -0.530. The molecule has 0 aromatic heterocycles. The summed E-state index contributed by atoms with van der Waals surface area (Å²) in [7, 11) is 1.92. The van der Waals surface area contributed by atoms with Crippen molar-refractivity contribution in [3.63, 3.8) is 0 Å². The minimum atomic E-state index is 0.315. The molecule has 1 rings (SSSR count). The molecule has 1 saturated heterocycles. The normalized spacial score (nSPS) is 32.6. The molecule has 1 fully saturated rings. The number of piperidine rings is 1. The average Bonchev–Trinajstić information content (AvgIpc) is 1.96. The zero-order chi connectivity index (χ0) is 8.43. The van der Waals surface area contributed by atoms with E-state index in [1.165, 1.54) is 6.42 Å². The Morgan fingerprint density at radius 3 is 2.82 bits per heavy atom. The Morgan fingerprint density at radius 2 is 2.27 bits per heavy atom. The lowest BCUT2D eigenvalue weighted by Crippen LogP contribution is -2.42. The summed E-state index contributed by atoms with van der Waals surface area (Å²) in [5.41, 5.74) is 0. The summed E-state index contributed by atoms with van der Waals surface area (Å²) in [6.07, 6.45) is 3.01. The highest BCUT2D eigenvalue weighted by atomic mass is 16.2. The summed E-state index contributed by atoms with van der Waals surface area (Å²) in [6, 6.07) is 0.492. The van der Waals surface area contributed by atoms with Crippen LogP contribution in [0.2, 0.25) is 0 Å². The Bertz CT molecular complexity index is 156. The molecule has 2 nitrogen and oxygen atoms in total. The van der Waals surface area contributed by atoms with Gasteiger partial charge in [0.15, 0.2) is 0 Å². The van der Waals surface area contributed by atoms with Gasteiger partial charge in [-0.25, -0.2) is 0 Å². The number of nitrogens with zero attached hydrogens (tertiary/aromatic N) is 1. The minimum absolute atomic E-state index is 0.315. The van der Waals surface area contributed by atoms with Crippen molar-refractivity contribution in [3.8, 4) is 0 Å². The average molecular weight is 155 g/mol. The molecule has 2 heteroatoms. The highest BCUT2D eigenvalue weighted by Crippen LogP contribution is 2.23. The number of carbonyl (C=O) groups is 1. The molecule has 0 aromatic carbocycles. The molecule has 0 bridgehead atoms. The van der Waals surface area contributed by atoms with Crippen LogP contribution in [0.5, 0.6) is 0 Å². The molecule has 0 aliphatic carbocycles. The second kappa shape index (κ2) is 3.24. The van der Waals surface area contributed by atoms with Gasteiger partial charge in [0.25, 0.3) is 0 Å². The summed E-state index contributed by atoms with van der Waals surface area (Å²) in [5.74, 6) is 0.902. The smallest absolute Gasteiger partial charge is 0.222 e. The van der Waals surface area contributed by atoms with Crippen LogP contribution in [0.4, 0.5) is 0 Å². The highest BCUT2D eigenvalue weighted by molar-refractivity contribution is 5.77. The Labute approximate surface area is 68.6 Å². The van der Waals surface area contributed by atoms with Gasteiger partial charge in [-0.3, -0.25) is 4.79 Å². The van der Waals surface area contributed by atoms with Gasteiger partial charge in [-0.15, -0.1) is 0 Å². The van der Waals surface area contributed by atoms with Crippen molar-refractivity contribution in [2.24, 2.45) is 5.92 Å². The third kappa shape index (κ3) is 1.73. The molecule has 2 unspecified atom stereocenters. The van der Waals surface area contributed by atoms with Gasteiger partial charge in [-0.05, 0) is 18.8 Å². The Kier molecular flexibility index (Phi) is 2.53. The van der Waals surface area contributed by atoms with Gasteiger partial charge in [-0.2, -0.15) is 0 Å². The predicted octanol–water partition coefficient (Wildman–Crippen LogP) is 1.65. The van der Waals surface area contributed by atoms with Crippen LogP contribution in [0.25, 0.3) is 0 Å². The summed E-state index contributed by atoms with van der Waals surface area (Å²) >= 11 is 0. The zero-order valence-corrected chi connectivity index (χ0v) is 7.63. The van der Waals surface area contributed by atoms with Crippen LogP contribution >= 0.6 is 0 Å².